The Morgan fingerprint density at radius 3 is 2.91 bits per heavy atom. The Bertz CT molecular complexity index is 487. The van der Waals surface area contributed by atoms with Crippen LogP contribution in [0.4, 0.5) is 0 Å². The lowest BCUT2D eigenvalue weighted by molar-refractivity contribution is -0.0347. The number of hydrogen-bond donors (Lipinski definition) is 2. The fourth-order valence-electron chi connectivity index (χ4n) is 5.57. The molecule has 2 aliphatic carbocycles. The van der Waals surface area contributed by atoms with Crippen molar-refractivity contribution in [1.82, 2.24) is 0 Å². The van der Waals surface area contributed by atoms with Gasteiger partial charge in [-0.15, -0.1) is 11.6 Å². The summed E-state index contributed by atoms with van der Waals surface area (Å²) in [5, 5.41) is 12.4. The standard InChI is InChI=1S/C17H27ClN2OS/c1-9-8-22-15-11(9)3-2-4-12(15)17(21)13-7-10(18)5-6-14(13)20-16(17)19/h9-15,21H,2-8H2,1H3,(H2,19,20). The Morgan fingerprint density at radius 2 is 2.09 bits per heavy atom. The number of alkyl halides is 1. The summed E-state index contributed by atoms with van der Waals surface area (Å²) in [5.74, 6) is 3.66. The monoisotopic (exact) mass is 342 g/mol. The molecule has 22 heavy (non-hydrogen) atoms. The van der Waals surface area contributed by atoms with Crippen LogP contribution >= 0.6 is 23.4 Å². The van der Waals surface area contributed by atoms with E-state index in [0.29, 0.717) is 11.1 Å². The topological polar surface area (TPSA) is 58.6 Å². The second-order valence-corrected chi connectivity index (χ2v) is 9.73. The Labute approximate surface area is 142 Å². The first-order valence-corrected chi connectivity index (χ1v) is 10.3. The lowest BCUT2D eigenvalue weighted by Crippen LogP contribution is -2.59. The third kappa shape index (κ3) is 2.16. The van der Waals surface area contributed by atoms with Gasteiger partial charge in [0.25, 0.3) is 0 Å². The van der Waals surface area contributed by atoms with Crippen LogP contribution in [-0.2, 0) is 0 Å². The van der Waals surface area contributed by atoms with Crippen molar-refractivity contribution >= 4 is 29.2 Å². The van der Waals surface area contributed by atoms with Gasteiger partial charge in [0.1, 0.15) is 11.4 Å². The predicted octanol–water partition coefficient (Wildman–Crippen LogP) is 3.03. The van der Waals surface area contributed by atoms with Gasteiger partial charge in [0.05, 0.1) is 6.04 Å². The largest absolute Gasteiger partial charge is 0.385 e. The van der Waals surface area contributed by atoms with Crippen molar-refractivity contribution in [1.29, 1.82) is 0 Å². The highest BCUT2D eigenvalue weighted by Crippen LogP contribution is 2.55. The van der Waals surface area contributed by atoms with Crippen LogP contribution in [0.5, 0.6) is 0 Å². The Hall–Kier alpha value is 0.0700. The molecule has 2 saturated carbocycles. The third-order valence-electron chi connectivity index (χ3n) is 6.75. The first-order valence-electron chi connectivity index (χ1n) is 8.83. The molecule has 8 unspecified atom stereocenters. The van der Waals surface area contributed by atoms with E-state index in [1.54, 1.807) is 0 Å². The maximum absolute atomic E-state index is 11.7. The van der Waals surface area contributed by atoms with Gasteiger partial charge in [0.2, 0.25) is 0 Å². The minimum Gasteiger partial charge on any atom is -0.385 e. The van der Waals surface area contributed by atoms with Crippen molar-refractivity contribution in [3.8, 4) is 0 Å². The summed E-state index contributed by atoms with van der Waals surface area (Å²) in [5.41, 5.74) is 5.41. The van der Waals surface area contributed by atoms with E-state index in [0.717, 1.165) is 37.5 Å². The van der Waals surface area contributed by atoms with E-state index in [1.165, 1.54) is 18.6 Å². The van der Waals surface area contributed by atoms with Crippen LogP contribution in [0.1, 0.15) is 45.4 Å². The van der Waals surface area contributed by atoms with Crippen molar-refractivity contribution in [3.05, 3.63) is 0 Å². The second-order valence-electron chi connectivity index (χ2n) is 7.90. The SMILES string of the molecule is CC1CSC2C1CCCC2C1(O)C(N)=NC2CCC(Cl)CC21. The van der Waals surface area contributed by atoms with Gasteiger partial charge in [-0.05, 0) is 49.7 Å². The van der Waals surface area contributed by atoms with Crippen LogP contribution in [0, 0.1) is 23.7 Å². The average molecular weight is 343 g/mol. The lowest BCUT2D eigenvalue weighted by atomic mass is 9.63. The second kappa shape index (κ2) is 5.56. The third-order valence-corrected chi connectivity index (χ3v) is 8.93. The molecular formula is C17H27ClN2OS. The van der Waals surface area contributed by atoms with E-state index in [-0.39, 0.29) is 23.3 Å². The molecule has 0 amide bonds. The molecule has 4 rings (SSSR count). The molecule has 0 aromatic heterocycles. The first kappa shape index (κ1) is 15.6. The van der Waals surface area contributed by atoms with Gasteiger partial charge in [-0.1, -0.05) is 13.3 Å². The number of halogens is 1. The maximum atomic E-state index is 11.7. The zero-order chi connectivity index (χ0) is 15.5. The minimum atomic E-state index is -0.904. The van der Waals surface area contributed by atoms with E-state index in [4.69, 9.17) is 17.3 Å². The summed E-state index contributed by atoms with van der Waals surface area (Å²) in [6.07, 6.45) is 6.46. The molecule has 3 N–H and O–H groups in total. The molecular weight excluding hydrogens is 316 g/mol. The van der Waals surface area contributed by atoms with Crippen LogP contribution in [0.15, 0.2) is 4.99 Å². The van der Waals surface area contributed by atoms with Gasteiger partial charge in [0, 0.05) is 22.5 Å². The molecule has 1 saturated heterocycles. The molecule has 0 aromatic carbocycles. The van der Waals surface area contributed by atoms with Crippen molar-refractivity contribution in [2.75, 3.05) is 5.75 Å². The molecule has 3 nitrogen and oxygen atoms in total. The molecule has 3 fully saturated rings. The fraction of sp³-hybridized carbons (Fsp3) is 0.941. The van der Waals surface area contributed by atoms with E-state index >= 15 is 0 Å². The smallest absolute Gasteiger partial charge is 0.130 e. The number of thioether (sulfide) groups is 1. The van der Waals surface area contributed by atoms with Gasteiger partial charge < -0.3 is 10.8 Å². The van der Waals surface area contributed by atoms with Crippen molar-refractivity contribution in [3.63, 3.8) is 0 Å². The molecule has 0 spiro atoms. The molecule has 124 valence electrons. The summed E-state index contributed by atoms with van der Waals surface area (Å²) in [6.45, 7) is 2.37. The van der Waals surface area contributed by atoms with Crippen molar-refractivity contribution < 1.29 is 5.11 Å². The van der Waals surface area contributed by atoms with E-state index in [9.17, 15) is 5.11 Å². The van der Waals surface area contributed by atoms with Gasteiger partial charge in [-0.25, -0.2) is 0 Å². The van der Waals surface area contributed by atoms with Gasteiger partial charge in [-0.3, -0.25) is 4.99 Å². The zero-order valence-corrected chi connectivity index (χ0v) is 14.8. The lowest BCUT2D eigenvalue weighted by Gasteiger charge is -2.47. The molecule has 0 bridgehead atoms. The molecule has 0 aromatic rings. The van der Waals surface area contributed by atoms with E-state index in [1.807, 2.05) is 0 Å². The van der Waals surface area contributed by atoms with Crippen molar-refractivity contribution in [2.24, 2.45) is 34.4 Å². The van der Waals surface area contributed by atoms with Crippen LogP contribution in [-0.4, -0.2) is 39.0 Å². The number of nitrogens with zero attached hydrogens (tertiary/aromatic N) is 1. The summed E-state index contributed by atoms with van der Waals surface area (Å²) in [4.78, 5) is 4.68. The van der Waals surface area contributed by atoms with Crippen LogP contribution in [0.25, 0.3) is 0 Å². The average Bonchev–Trinajstić information content (AvgIpc) is 3.00. The Morgan fingerprint density at radius 1 is 1.27 bits per heavy atom. The fourth-order valence-corrected chi connectivity index (χ4v) is 7.89. The number of nitrogens with two attached hydrogens (primary N) is 1. The van der Waals surface area contributed by atoms with Gasteiger partial charge in [0.15, 0.2) is 0 Å². The van der Waals surface area contributed by atoms with Crippen molar-refractivity contribution in [2.45, 2.75) is 67.7 Å². The highest BCUT2D eigenvalue weighted by Gasteiger charge is 2.60. The zero-order valence-electron chi connectivity index (χ0n) is 13.2. The van der Waals surface area contributed by atoms with E-state index < -0.39 is 5.60 Å². The molecule has 4 aliphatic rings. The quantitative estimate of drug-likeness (QED) is 0.720. The number of hydrogen-bond acceptors (Lipinski definition) is 4. The Kier molecular flexibility index (Phi) is 3.94. The summed E-state index contributed by atoms with van der Waals surface area (Å²) >= 11 is 8.49. The first-order chi connectivity index (χ1) is 10.5. The van der Waals surface area contributed by atoms with Gasteiger partial charge >= 0.3 is 0 Å². The minimum absolute atomic E-state index is 0.143. The molecule has 8 atom stereocenters. The molecule has 5 heteroatoms. The highest BCUT2D eigenvalue weighted by atomic mass is 35.5. The van der Waals surface area contributed by atoms with Crippen LogP contribution in [0.2, 0.25) is 0 Å². The number of aliphatic hydroxyl groups is 1. The molecule has 2 aliphatic heterocycles. The predicted molar refractivity (Wildman–Crippen MR) is 93.6 cm³/mol. The van der Waals surface area contributed by atoms with E-state index in [2.05, 4.69) is 23.7 Å². The number of rotatable bonds is 1. The number of amidine groups is 1. The number of aliphatic imine (C=N–C) groups is 1. The summed E-state index contributed by atoms with van der Waals surface area (Å²) < 4.78 is 0. The number of fused-ring (bicyclic) bond motifs is 2. The summed E-state index contributed by atoms with van der Waals surface area (Å²) in [6, 6.07) is 0.198. The molecule has 0 radical (unpaired) electrons. The highest BCUT2D eigenvalue weighted by molar-refractivity contribution is 8.00. The Balaban J connectivity index is 1.66. The van der Waals surface area contributed by atoms with Gasteiger partial charge in [-0.2, -0.15) is 11.8 Å². The van der Waals surface area contributed by atoms with Crippen LogP contribution in [0.3, 0.4) is 0 Å². The molecule has 2 heterocycles. The maximum Gasteiger partial charge on any atom is 0.130 e. The van der Waals surface area contributed by atoms with Crippen LogP contribution < -0.4 is 5.73 Å². The normalized spacial score (nSPS) is 54.7. The summed E-state index contributed by atoms with van der Waals surface area (Å²) in [7, 11) is 0.